The number of methoxy groups -OCH3 is 1. The van der Waals surface area contributed by atoms with Crippen molar-refractivity contribution >= 4 is 27.4 Å². The number of hydrogen-bond acceptors (Lipinski definition) is 6. The van der Waals surface area contributed by atoms with Crippen LogP contribution in [0.25, 0.3) is 0 Å². The van der Waals surface area contributed by atoms with E-state index in [1.54, 1.807) is 38.3 Å². The van der Waals surface area contributed by atoms with Gasteiger partial charge in [0.05, 0.1) is 18.0 Å². The summed E-state index contributed by atoms with van der Waals surface area (Å²) in [4.78, 5) is 26.2. The van der Waals surface area contributed by atoms with Crippen molar-refractivity contribution in [1.82, 2.24) is 9.21 Å². The van der Waals surface area contributed by atoms with Gasteiger partial charge in [-0.2, -0.15) is 4.31 Å². The van der Waals surface area contributed by atoms with Gasteiger partial charge in [-0.15, -0.1) is 0 Å². The average Bonchev–Trinajstić information content (AvgIpc) is 2.78. The van der Waals surface area contributed by atoms with Crippen LogP contribution in [0.3, 0.4) is 0 Å². The van der Waals surface area contributed by atoms with Crippen LogP contribution < -0.4 is 10.1 Å². The van der Waals surface area contributed by atoms with Crippen molar-refractivity contribution in [2.24, 2.45) is 0 Å². The molecular formula is C22H27N3O5S. The van der Waals surface area contributed by atoms with Crippen LogP contribution in [0, 0.1) is 0 Å². The van der Waals surface area contributed by atoms with Crippen molar-refractivity contribution in [2.45, 2.75) is 24.8 Å². The van der Waals surface area contributed by atoms with E-state index in [0.29, 0.717) is 30.1 Å². The van der Waals surface area contributed by atoms with Crippen LogP contribution >= 0.6 is 0 Å². The molecule has 1 amide bonds. The lowest BCUT2D eigenvalue weighted by Gasteiger charge is -2.36. The minimum Gasteiger partial charge on any atom is -0.497 e. The molecule has 166 valence electrons. The fraction of sp³-hybridized carbons (Fsp3) is 0.364. The third kappa shape index (κ3) is 5.30. The number of anilines is 1. The first-order valence-corrected chi connectivity index (χ1v) is 11.5. The normalized spacial score (nSPS) is 16.5. The Morgan fingerprint density at radius 2 is 1.68 bits per heavy atom. The smallest absolute Gasteiger partial charge is 0.243 e. The summed E-state index contributed by atoms with van der Waals surface area (Å²) in [5, 5.41) is 2.88. The molecule has 3 rings (SSSR count). The number of nitrogens with zero attached hydrogens (tertiary/aromatic N) is 2. The number of ether oxygens (including phenoxy) is 1. The van der Waals surface area contributed by atoms with Crippen LogP contribution in [0.4, 0.5) is 5.69 Å². The van der Waals surface area contributed by atoms with Gasteiger partial charge in [-0.1, -0.05) is 18.2 Å². The van der Waals surface area contributed by atoms with Gasteiger partial charge in [0.2, 0.25) is 15.9 Å². The zero-order valence-corrected chi connectivity index (χ0v) is 18.7. The van der Waals surface area contributed by atoms with Crippen LogP contribution in [0.15, 0.2) is 53.4 Å². The van der Waals surface area contributed by atoms with Gasteiger partial charge in [0.15, 0.2) is 5.78 Å². The van der Waals surface area contributed by atoms with Crippen molar-refractivity contribution in [3.8, 4) is 5.75 Å². The molecule has 2 aromatic carbocycles. The van der Waals surface area contributed by atoms with Crippen molar-refractivity contribution < 1.29 is 22.7 Å². The third-order valence-corrected chi connectivity index (χ3v) is 7.35. The fourth-order valence-electron chi connectivity index (χ4n) is 3.46. The molecule has 1 atom stereocenters. The second kappa shape index (κ2) is 9.59. The van der Waals surface area contributed by atoms with E-state index in [1.165, 1.54) is 35.5 Å². The molecule has 1 unspecified atom stereocenters. The van der Waals surface area contributed by atoms with Gasteiger partial charge >= 0.3 is 0 Å². The van der Waals surface area contributed by atoms with E-state index in [2.05, 4.69) is 5.32 Å². The van der Waals surface area contributed by atoms with Crippen LogP contribution in [-0.4, -0.2) is 68.6 Å². The van der Waals surface area contributed by atoms with E-state index < -0.39 is 16.1 Å². The first-order valence-electron chi connectivity index (χ1n) is 10.0. The molecule has 1 aliphatic rings. The molecule has 0 bridgehead atoms. The molecule has 9 heteroatoms. The zero-order valence-electron chi connectivity index (χ0n) is 17.9. The quantitative estimate of drug-likeness (QED) is 0.657. The largest absolute Gasteiger partial charge is 0.497 e. The second-order valence-electron chi connectivity index (χ2n) is 7.42. The predicted molar refractivity (Wildman–Crippen MR) is 118 cm³/mol. The van der Waals surface area contributed by atoms with Gasteiger partial charge in [-0.05, 0) is 38.1 Å². The van der Waals surface area contributed by atoms with Gasteiger partial charge in [0.1, 0.15) is 5.75 Å². The summed E-state index contributed by atoms with van der Waals surface area (Å²) in [6.45, 7) is 4.70. The standard InChI is InChI=1S/C22H27N3O5S/c1-16(22(27)23-19-5-4-6-20(15-19)30-3)24-11-13-25(14-12-24)31(28,29)21-9-7-18(8-10-21)17(2)26/h4-10,15-16H,11-14H2,1-3H3,(H,23,27). The van der Waals surface area contributed by atoms with E-state index in [9.17, 15) is 18.0 Å². The van der Waals surface area contributed by atoms with Crippen LogP contribution in [-0.2, 0) is 14.8 Å². The molecular weight excluding hydrogens is 418 g/mol. The maximum absolute atomic E-state index is 12.9. The number of carbonyl (C=O) groups is 2. The van der Waals surface area contributed by atoms with Gasteiger partial charge in [-0.3, -0.25) is 14.5 Å². The van der Waals surface area contributed by atoms with E-state index >= 15 is 0 Å². The van der Waals surface area contributed by atoms with Crippen molar-refractivity contribution in [3.63, 3.8) is 0 Å². The molecule has 0 aliphatic carbocycles. The van der Waals surface area contributed by atoms with E-state index in [0.717, 1.165) is 0 Å². The molecule has 2 aromatic rings. The lowest BCUT2D eigenvalue weighted by Crippen LogP contribution is -2.53. The summed E-state index contributed by atoms with van der Waals surface area (Å²) in [6.07, 6.45) is 0. The van der Waals surface area contributed by atoms with Gasteiger partial charge in [-0.25, -0.2) is 8.42 Å². The molecule has 0 saturated carbocycles. The molecule has 1 fully saturated rings. The average molecular weight is 446 g/mol. The van der Waals surface area contributed by atoms with Gasteiger partial charge in [0, 0.05) is 43.5 Å². The zero-order chi connectivity index (χ0) is 22.6. The van der Waals surface area contributed by atoms with Crippen LogP contribution in [0.5, 0.6) is 5.75 Å². The molecule has 0 spiro atoms. The summed E-state index contributed by atoms with van der Waals surface area (Å²) in [7, 11) is -2.08. The first-order chi connectivity index (χ1) is 14.7. The third-order valence-electron chi connectivity index (χ3n) is 5.44. The van der Waals surface area contributed by atoms with E-state index in [1.807, 2.05) is 4.90 Å². The highest BCUT2D eigenvalue weighted by Crippen LogP contribution is 2.20. The Hall–Kier alpha value is -2.75. The number of rotatable bonds is 7. The van der Waals surface area contributed by atoms with Gasteiger partial charge < -0.3 is 10.1 Å². The minimum absolute atomic E-state index is 0.112. The van der Waals surface area contributed by atoms with Crippen molar-refractivity contribution in [1.29, 1.82) is 0 Å². The van der Waals surface area contributed by atoms with Crippen molar-refractivity contribution in [3.05, 3.63) is 54.1 Å². The number of amides is 1. The lowest BCUT2D eigenvalue weighted by molar-refractivity contribution is -0.121. The van der Waals surface area contributed by atoms with E-state index in [-0.39, 0.29) is 29.7 Å². The molecule has 31 heavy (non-hydrogen) atoms. The molecule has 1 N–H and O–H groups in total. The summed E-state index contributed by atoms with van der Waals surface area (Å²) in [5.74, 6) is 0.378. The Kier molecular flexibility index (Phi) is 7.09. The number of piperazine rings is 1. The molecule has 1 heterocycles. The number of ketones is 1. The van der Waals surface area contributed by atoms with Crippen LogP contribution in [0.2, 0.25) is 0 Å². The SMILES string of the molecule is COc1cccc(NC(=O)C(C)N2CCN(S(=O)(=O)c3ccc(C(C)=O)cc3)CC2)c1. The number of Topliss-reactive ketones (excluding diaryl/α,β-unsaturated/α-hetero) is 1. The summed E-state index contributed by atoms with van der Waals surface area (Å²) in [6, 6.07) is 12.7. The van der Waals surface area contributed by atoms with Gasteiger partial charge in [0.25, 0.3) is 0 Å². The lowest BCUT2D eigenvalue weighted by atomic mass is 10.2. The highest BCUT2D eigenvalue weighted by molar-refractivity contribution is 7.89. The highest BCUT2D eigenvalue weighted by Gasteiger charge is 2.31. The Morgan fingerprint density at radius 3 is 2.26 bits per heavy atom. The summed E-state index contributed by atoms with van der Waals surface area (Å²) in [5.41, 5.74) is 1.12. The summed E-state index contributed by atoms with van der Waals surface area (Å²) < 4.78 is 32.4. The number of hydrogen-bond donors (Lipinski definition) is 1. The van der Waals surface area contributed by atoms with Crippen molar-refractivity contribution in [2.75, 3.05) is 38.6 Å². The maximum atomic E-state index is 12.9. The molecule has 0 aromatic heterocycles. The number of nitrogens with one attached hydrogen (secondary N) is 1. The topological polar surface area (TPSA) is 96.0 Å². The monoisotopic (exact) mass is 445 g/mol. The molecule has 8 nitrogen and oxygen atoms in total. The molecule has 1 saturated heterocycles. The highest BCUT2D eigenvalue weighted by atomic mass is 32.2. The Balaban J connectivity index is 1.60. The van der Waals surface area contributed by atoms with E-state index in [4.69, 9.17) is 4.74 Å². The minimum atomic E-state index is -3.65. The predicted octanol–water partition coefficient (Wildman–Crippen LogP) is 2.23. The molecule has 0 radical (unpaired) electrons. The Labute approximate surface area is 182 Å². The van der Waals surface area contributed by atoms with Crippen LogP contribution in [0.1, 0.15) is 24.2 Å². The number of sulfonamides is 1. The summed E-state index contributed by atoms with van der Waals surface area (Å²) >= 11 is 0. The maximum Gasteiger partial charge on any atom is 0.243 e. The number of carbonyl (C=O) groups excluding carboxylic acids is 2. The number of benzene rings is 2. The second-order valence-corrected chi connectivity index (χ2v) is 9.36. The molecule has 1 aliphatic heterocycles. The Bertz CT molecular complexity index is 1050. The first kappa shape index (κ1) is 22.9. The Morgan fingerprint density at radius 1 is 1.03 bits per heavy atom. The fourth-order valence-corrected chi connectivity index (χ4v) is 4.88.